The van der Waals surface area contributed by atoms with Crippen molar-refractivity contribution in [3.63, 3.8) is 0 Å². The van der Waals surface area contributed by atoms with Gasteiger partial charge in [0.25, 0.3) is 0 Å². The van der Waals surface area contributed by atoms with Crippen LogP contribution in [0.4, 0.5) is 0 Å². The van der Waals surface area contributed by atoms with Gasteiger partial charge in [0.05, 0.1) is 13.0 Å². The molecule has 0 aliphatic heterocycles. The van der Waals surface area contributed by atoms with E-state index < -0.39 is 67.3 Å². The summed E-state index contributed by atoms with van der Waals surface area (Å²) >= 11 is 0. The fourth-order valence-electron chi connectivity index (χ4n) is 1.47. The number of hydrogen-bond donors (Lipinski definition) is 7. The van der Waals surface area contributed by atoms with E-state index >= 15 is 0 Å². The zero-order valence-electron chi connectivity index (χ0n) is 12.9. The first-order valence-corrected chi connectivity index (χ1v) is 6.83. The summed E-state index contributed by atoms with van der Waals surface area (Å²) in [7, 11) is 0. The number of primary amides is 1. The molecule has 0 radical (unpaired) electrons. The molecule has 24 heavy (non-hydrogen) atoms. The van der Waals surface area contributed by atoms with Crippen LogP contribution >= 0.6 is 0 Å². The Morgan fingerprint density at radius 2 is 1.62 bits per heavy atom. The van der Waals surface area contributed by atoms with Crippen LogP contribution in [0.15, 0.2) is 0 Å². The van der Waals surface area contributed by atoms with Crippen LogP contribution in [0.2, 0.25) is 0 Å². The lowest BCUT2D eigenvalue weighted by Gasteiger charge is -2.21. The normalized spacial score (nSPS) is 14.0. The highest BCUT2D eigenvalue weighted by Gasteiger charge is 2.27. The second kappa shape index (κ2) is 10.1. The number of nitrogens with one attached hydrogen (secondary N) is 3. The van der Waals surface area contributed by atoms with Crippen LogP contribution < -0.4 is 27.4 Å². The van der Waals surface area contributed by atoms with Gasteiger partial charge in [-0.1, -0.05) is 0 Å². The van der Waals surface area contributed by atoms with Gasteiger partial charge in [-0.25, -0.2) is 0 Å². The molecule has 0 aromatic rings. The van der Waals surface area contributed by atoms with Crippen molar-refractivity contribution in [3.8, 4) is 0 Å². The van der Waals surface area contributed by atoms with E-state index in [0.717, 1.165) is 0 Å². The molecule has 9 N–H and O–H groups in total. The molecule has 4 amide bonds. The number of aliphatic hydroxyl groups is 1. The first-order chi connectivity index (χ1) is 11.1. The Balaban J connectivity index is 4.80. The van der Waals surface area contributed by atoms with E-state index in [4.69, 9.17) is 21.7 Å². The average molecular weight is 347 g/mol. The Kier molecular flexibility index (Phi) is 8.97. The van der Waals surface area contributed by atoms with Gasteiger partial charge in [0.15, 0.2) is 0 Å². The van der Waals surface area contributed by atoms with Crippen LogP contribution in [0.25, 0.3) is 0 Å². The molecular weight excluding hydrogens is 326 g/mol. The highest BCUT2D eigenvalue weighted by molar-refractivity contribution is 5.95. The Morgan fingerprint density at radius 1 is 1.04 bits per heavy atom. The molecule has 0 spiro atoms. The van der Waals surface area contributed by atoms with Crippen molar-refractivity contribution >= 4 is 29.6 Å². The monoisotopic (exact) mass is 347 g/mol. The van der Waals surface area contributed by atoms with Crippen molar-refractivity contribution in [2.75, 3.05) is 13.2 Å². The topological polar surface area (TPSA) is 214 Å². The third-order valence-corrected chi connectivity index (χ3v) is 2.74. The molecule has 12 nitrogen and oxygen atoms in total. The molecule has 136 valence electrons. The Bertz CT molecular complexity index is 510. The number of carboxylic acids is 1. The smallest absolute Gasteiger partial charge is 0.322 e. The highest BCUT2D eigenvalue weighted by Crippen LogP contribution is 1.95. The van der Waals surface area contributed by atoms with Gasteiger partial charge in [0.2, 0.25) is 23.6 Å². The van der Waals surface area contributed by atoms with E-state index in [2.05, 4.69) is 10.6 Å². The van der Waals surface area contributed by atoms with Crippen molar-refractivity contribution in [2.24, 2.45) is 11.5 Å². The van der Waals surface area contributed by atoms with Crippen molar-refractivity contribution in [3.05, 3.63) is 0 Å². The summed E-state index contributed by atoms with van der Waals surface area (Å²) in [6, 6.07) is -3.83. The molecule has 0 rings (SSSR count). The van der Waals surface area contributed by atoms with Gasteiger partial charge in [0, 0.05) is 0 Å². The van der Waals surface area contributed by atoms with Gasteiger partial charge in [-0.15, -0.1) is 0 Å². The van der Waals surface area contributed by atoms with Crippen LogP contribution in [0, 0.1) is 0 Å². The molecule has 0 saturated heterocycles. The number of amides is 4. The second-order valence-electron chi connectivity index (χ2n) is 4.86. The van der Waals surface area contributed by atoms with Crippen molar-refractivity contribution in [1.29, 1.82) is 0 Å². The lowest BCUT2D eigenvalue weighted by molar-refractivity contribution is -0.138. The van der Waals surface area contributed by atoms with Crippen LogP contribution in [0.3, 0.4) is 0 Å². The van der Waals surface area contributed by atoms with Crippen LogP contribution in [-0.2, 0) is 24.0 Å². The lowest BCUT2D eigenvalue weighted by atomic mass is 10.1. The van der Waals surface area contributed by atoms with E-state index in [-0.39, 0.29) is 0 Å². The van der Waals surface area contributed by atoms with Gasteiger partial charge in [-0.2, -0.15) is 0 Å². The number of aliphatic carboxylic acids is 1. The SMILES string of the molecule is CC(NC(=O)C(CC(N)=O)NC(=O)C(N)CO)C(=O)NCC(=O)O. The first-order valence-electron chi connectivity index (χ1n) is 6.83. The maximum atomic E-state index is 12.0. The van der Waals surface area contributed by atoms with Crippen LogP contribution in [0.1, 0.15) is 13.3 Å². The zero-order chi connectivity index (χ0) is 18.9. The summed E-state index contributed by atoms with van der Waals surface area (Å²) in [5, 5.41) is 23.6. The number of carbonyl (C=O) groups excluding carboxylic acids is 4. The Labute approximate surface area is 136 Å². The van der Waals surface area contributed by atoms with Crippen molar-refractivity contribution < 1.29 is 34.2 Å². The molecule has 0 heterocycles. The molecule has 0 aromatic carbocycles. The van der Waals surface area contributed by atoms with Gasteiger partial charge >= 0.3 is 5.97 Å². The van der Waals surface area contributed by atoms with Crippen LogP contribution in [-0.4, -0.2) is 71.1 Å². The Hall–Kier alpha value is -2.73. The third-order valence-electron chi connectivity index (χ3n) is 2.74. The summed E-state index contributed by atoms with van der Waals surface area (Å²) < 4.78 is 0. The Morgan fingerprint density at radius 3 is 2.08 bits per heavy atom. The van der Waals surface area contributed by atoms with Crippen molar-refractivity contribution in [1.82, 2.24) is 16.0 Å². The lowest BCUT2D eigenvalue weighted by Crippen LogP contribution is -2.56. The summed E-state index contributed by atoms with van der Waals surface area (Å²) in [6.07, 6.45) is -0.556. The van der Waals surface area contributed by atoms with E-state index in [1.54, 1.807) is 0 Å². The number of carbonyl (C=O) groups is 5. The molecule has 3 atom stereocenters. The fraction of sp³-hybridized carbons (Fsp3) is 0.583. The minimum Gasteiger partial charge on any atom is -0.480 e. The maximum Gasteiger partial charge on any atom is 0.322 e. The molecule has 3 unspecified atom stereocenters. The standard InChI is InChI=1S/C12H21N5O7/c1-5(10(22)15-3-9(20)21)16-12(24)7(2-8(14)19)17-11(23)6(13)4-18/h5-7,18H,2-4,13H2,1H3,(H2,14,19)(H,15,22)(H,16,24)(H,17,23)(H,20,21). The summed E-state index contributed by atoms with van der Waals surface area (Å²) in [5.74, 6) is -4.72. The van der Waals surface area contributed by atoms with Crippen molar-refractivity contribution in [2.45, 2.75) is 31.5 Å². The molecule has 12 heteroatoms. The maximum absolute atomic E-state index is 12.0. The largest absolute Gasteiger partial charge is 0.480 e. The highest BCUT2D eigenvalue weighted by atomic mass is 16.4. The predicted octanol–water partition coefficient (Wildman–Crippen LogP) is -4.63. The van der Waals surface area contributed by atoms with E-state index in [1.807, 2.05) is 5.32 Å². The number of aliphatic hydroxyl groups excluding tert-OH is 1. The number of hydrogen-bond acceptors (Lipinski definition) is 7. The predicted molar refractivity (Wildman–Crippen MR) is 79.1 cm³/mol. The summed E-state index contributed by atoms with van der Waals surface area (Å²) in [5.41, 5.74) is 10.3. The summed E-state index contributed by atoms with van der Waals surface area (Å²) in [6.45, 7) is -0.0335. The molecule has 0 aliphatic rings. The number of rotatable bonds is 10. The number of nitrogens with two attached hydrogens (primary N) is 2. The quantitative estimate of drug-likeness (QED) is 0.203. The minimum atomic E-state index is -1.40. The number of carboxylic acid groups (broad SMARTS) is 1. The molecule has 0 aliphatic carbocycles. The van der Waals surface area contributed by atoms with Gasteiger partial charge in [-0.3, -0.25) is 24.0 Å². The minimum absolute atomic E-state index is 0.556. The van der Waals surface area contributed by atoms with E-state index in [0.29, 0.717) is 0 Å². The van der Waals surface area contributed by atoms with Gasteiger partial charge in [0.1, 0.15) is 24.7 Å². The fourth-order valence-corrected chi connectivity index (χ4v) is 1.47. The van der Waals surface area contributed by atoms with Gasteiger partial charge < -0.3 is 37.6 Å². The molecule has 0 bridgehead atoms. The van der Waals surface area contributed by atoms with E-state index in [1.165, 1.54) is 6.92 Å². The summed E-state index contributed by atoms with van der Waals surface area (Å²) in [4.78, 5) is 56.6. The second-order valence-corrected chi connectivity index (χ2v) is 4.86. The molecule has 0 fully saturated rings. The average Bonchev–Trinajstić information content (AvgIpc) is 2.50. The molecular formula is C12H21N5O7. The van der Waals surface area contributed by atoms with E-state index in [9.17, 15) is 24.0 Å². The first kappa shape index (κ1) is 21.3. The molecule has 0 aromatic heterocycles. The third kappa shape index (κ3) is 8.05. The van der Waals surface area contributed by atoms with Crippen LogP contribution in [0.5, 0.6) is 0 Å². The zero-order valence-corrected chi connectivity index (χ0v) is 12.9. The molecule has 0 saturated carbocycles. The van der Waals surface area contributed by atoms with Gasteiger partial charge in [-0.05, 0) is 6.92 Å².